The second-order valence-electron chi connectivity index (χ2n) is 5.81. The number of rotatable bonds is 5. The van der Waals surface area contributed by atoms with Crippen LogP contribution >= 0.6 is 0 Å². The first-order chi connectivity index (χ1) is 10.7. The molecule has 0 amide bonds. The van der Waals surface area contributed by atoms with Crippen LogP contribution in [0.15, 0.2) is 42.5 Å². The Morgan fingerprint density at radius 2 is 1.73 bits per heavy atom. The maximum atomic E-state index is 9.38. The zero-order valence-electron chi connectivity index (χ0n) is 13.2. The standard InChI is InChI=1S/C19H22N2O/c1-14-12-17-18(13-15(14)2)21(10-11-22)19(20-17)9-8-16-6-4-3-5-7-16/h3-7,12-13,22H,8-11H2,1-2H3. The monoisotopic (exact) mass is 294 g/mol. The molecular formula is C19H22N2O. The molecule has 1 heterocycles. The zero-order chi connectivity index (χ0) is 15.5. The van der Waals surface area contributed by atoms with Gasteiger partial charge in [0.15, 0.2) is 0 Å². The number of imidazole rings is 1. The molecule has 0 aliphatic rings. The summed E-state index contributed by atoms with van der Waals surface area (Å²) in [5.41, 5.74) is 5.99. The molecular weight excluding hydrogens is 272 g/mol. The highest BCUT2D eigenvalue weighted by Crippen LogP contribution is 2.21. The quantitative estimate of drug-likeness (QED) is 0.783. The number of aryl methyl sites for hydroxylation is 4. The van der Waals surface area contributed by atoms with E-state index in [1.807, 2.05) is 6.07 Å². The highest BCUT2D eigenvalue weighted by molar-refractivity contribution is 5.78. The molecule has 3 rings (SSSR count). The lowest BCUT2D eigenvalue weighted by Crippen LogP contribution is -2.08. The summed E-state index contributed by atoms with van der Waals surface area (Å²) >= 11 is 0. The number of aliphatic hydroxyl groups is 1. The highest BCUT2D eigenvalue weighted by Gasteiger charge is 2.11. The molecule has 3 nitrogen and oxygen atoms in total. The van der Waals surface area contributed by atoms with Crippen LogP contribution in [0, 0.1) is 13.8 Å². The predicted octanol–water partition coefficient (Wildman–Crippen LogP) is 3.43. The van der Waals surface area contributed by atoms with E-state index >= 15 is 0 Å². The smallest absolute Gasteiger partial charge is 0.110 e. The number of benzene rings is 2. The minimum absolute atomic E-state index is 0.136. The van der Waals surface area contributed by atoms with Gasteiger partial charge >= 0.3 is 0 Å². The lowest BCUT2D eigenvalue weighted by atomic mass is 10.1. The van der Waals surface area contributed by atoms with Crippen LogP contribution in [0.25, 0.3) is 11.0 Å². The number of aromatic nitrogens is 2. The van der Waals surface area contributed by atoms with Gasteiger partial charge in [0.2, 0.25) is 0 Å². The number of hydrogen-bond acceptors (Lipinski definition) is 2. The number of hydrogen-bond donors (Lipinski definition) is 1. The Bertz CT molecular complexity index is 775. The van der Waals surface area contributed by atoms with Crippen molar-refractivity contribution in [3.05, 3.63) is 65.0 Å². The zero-order valence-corrected chi connectivity index (χ0v) is 13.2. The number of nitrogens with zero attached hydrogens (tertiary/aromatic N) is 2. The minimum atomic E-state index is 0.136. The molecule has 3 heteroatoms. The van der Waals surface area contributed by atoms with Gasteiger partial charge in [-0.15, -0.1) is 0 Å². The van der Waals surface area contributed by atoms with Gasteiger partial charge in [-0.25, -0.2) is 4.98 Å². The van der Waals surface area contributed by atoms with Crippen LogP contribution in [-0.4, -0.2) is 21.3 Å². The number of aliphatic hydroxyl groups excluding tert-OH is 1. The van der Waals surface area contributed by atoms with E-state index in [9.17, 15) is 5.11 Å². The predicted molar refractivity (Wildman–Crippen MR) is 90.1 cm³/mol. The topological polar surface area (TPSA) is 38.0 Å². The second-order valence-corrected chi connectivity index (χ2v) is 5.81. The third kappa shape index (κ3) is 2.90. The second kappa shape index (κ2) is 6.32. The van der Waals surface area contributed by atoms with E-state index in [-0.39, 0.29) is 6.61 Å². The normalized spacial score (nSPS) is 11.2. The van der Waals surface area contributed by atoms with Gasteiger partial charge in [0.25, 0.3) is 0 Å². The molecule has 0 unspecified atom stereocenters. The van der Waals surface area contributed by atoms with Crippen molar-refractivity contribution in [3.63, 3.8) is 0 Å². The molecule has 114 valence electrons. The van der Waals surface area contributed by atoms with E-state index in [1.165, 1.54) is 16.7 Å². The van der Waals surface area contributed by atoms with E-state index in [2.05, 4.69) is 54.8 Å². The van der Waals surface area contributed by atoms with Crippen LogP contribution in [0.4, 0.5) is 0 Å². The molecule has 3 aromatic rings. The molecule has 0 radical (unpaired) electrons. The third-order valence-corrected chi connectivity index (χ3v) is 4.25. The average molecular weight is 294 g/mol. The van der Waals surface area contributed by atoms with Gasteiger partial charge in [-0.05, 0) is 49.1 Å². The van der Waals surface area contributed by atoms with E-state index in [0.29, 0.717) is 6.54 Å². The first kappa shape index (κ1) is 14.8. The van der Waals surface area contributed by atoms with Gasteiger partial charge in [-0.1, -0.05) is 30.3 Å². The first-order valence-electron chi connectivity index (χ1n) is 7.80. The third-order valence-electron chi connectivity index (χ3n) is 4.25. The van der Waals surface area contributed by atoms with Crippen LogP contribution in [0.1, 0.15) is 22.5 Å². The summed E-state index contributed by atoms with van der Waals surface area (Å²) < 4.78 is 2.16. The van der Waals surface area contributed by atoms with Gasteiger partial charge in [-0.3, -0.25) is 0 Å². The molecule has 1 aromatic heterocycles. The lowest BCUT2D eigenvalue weighted by molar-refractivity contribution is 0.276. The number of fused-ring (bicyclic) bond motifs is 1. The molecule has 0 atom stereocenters. The Kier molecular flexibility index (Phi) is 4.25. The minimum Gasteiger partial charge on any atom is -0.395 e. The lowest BCUT2D eigenvalue weighted by Gasteiger charge is -2.08. The van der Waals surface area contributed by atoms with Crippen molar-refractivity contribution in [2.45, 2.75) is 33.2 Å². The Balaban J connectivity index is 1.95. The van der Waals surface area contributed by atoms with Crippen molar-refractivity contribution in [1.29, 1.82) is 0 Å². The summed E-state index contributed by atoms with van der Waals surface area (Å²) in [5.74, 6) is 1.05. The molecule has 2 aromatic carbocycles. The Labute approximate surface area is 131 Å². The van der Waals surface area contributed by atoms with E-state index < -0.39 is 0 Å². The molecule has 0 bridgehead atoms. The van der Waals surface area contributed by atoms with Crippen LogP contribution in [0.2, 0.25) is 0 Å². The van der Waals surface area contributed by atoms with Crippen LogP contribution < -0.4 is 0 Å². The van der Waals surface area contributed by atoms with Gasteiger partial charge in [0.1, 0.15) is 5.82 Å². The fraction of sp³-hybridized carbons (Fsp3) is 0.316. The van der Waals surface area contributed by atoms with Crippen molar-refractivity contribution in [2.24, 2.45) is 0 Å². The van der Waals surface area contributed by atoms with Gasteiger partial charge in [-0.2, -0.15) is 0 Å². The van der Waals surface area contributed by atoms with Crippen molar-refractivity contribution in [3.8, 4) is 0 Å². The van der Waals surface area contributed by atoms with Crippen LogP contribution in [0.3, 0.4) is 0 Å². The molecule has 0 aliphatic carbocycles. The summed E-state index contributed by atoms with van der Waals surface area (Å²) in [5, 5.41) is 9.38. The maximum Gasteiger partial charge on any atom is 0.110 e. The summed E-state index contributed by atoms with van der Waals surface area (Å²) in [6, 6.07) is 14.8. The molecule has 0 fully saturated rings. The van der Waals surface area contributed by atoms with Crippen LogP contribution in [0.5, 0.6) is 0 Å². The Morgan fingerprint density at radius 1 is 1.00 bits per heavy atom. The van der Waals surface area contributed by atoms with E-state index in [4.69, 9.17) is 4.98 Å². The van der Waals surface area contributed by atoms with Crippen molar-refractivity contribution < 1.29 is 5.11 Å². The first-order valence-corrected chi connectivity index (χ1v) is 7.80. The summed E-state index contributed by atoms with van der Waals surface area (Å²) in [6.45, 7) is 4.97. The Hall–Kier alpha value is -2.13. The van der Waals surface area contributed by atoms with E-state index in [0.717, 1.165) is 29.7 Å². The van der Waals surface area contributed by atoms with Crippen molar-refractivity contribution >= 4 is 11.0 Å². The summed E-state index contributed by atoms with van der Waals surface area (Å²) in [4.78, 5) is 4.80. The van der Waals surface area contributed by atoms with Crippen molar-refractivity contribution in [1.82, 2.24) is 9.55 Å². The highest BCUT2D eigenvalue weighted by atomic mass is 16.3. The van der Waals surface area contributed by atoms with Crippen molar-refractivity contribution in [2.75, 3.05) is 6.61 Å². The van der Waals surface area contributed by atoms with Gasteiger partial charge in [0, 0.05) is 13.0 Å². The molecule has 22 heavy (non-hydrogen) atoms. The van der Waals surface area contributed by atoms with Gasteiger partial charge < -0.3 is 9.67 Å². The maximum absolute atomic E-state index is 9.38. The van der Waals surface area contributed by atoms with Crippen LogP contribution in [-0.2, 0) is 19.4 Å². The molecule has 0 aliphatic heterocycles. The Morgan fingerprint density at radius 3 is 2.45 bits per heavy atom. The van der Waals surface area contributed by atoms with Gasteiger partial charge in [0.05, 0.1) is 17.6 Å². The largest absolute Gasteiger partial charge is 0.395 e. The van der Waals surface area contributed by atoms with E-state index in [1.54, 1.807) is 0 Å². The SMILES string of the molecule is Cc1cc2nc(CCc3ccccc3)n(CCO)c2cc1C. The average Bonchev–Trinajstić information content (AvgIpc) is 2.84. The molecule has 0 spiro atoms. The molecule has 0 saturated heterocycles. The summed E-state index contributed by atoms with van der Waals surface area (Å²) in [6.07, 6.45) is 1.85. The molecule has 0 saturated carbocycles. The fourth-order valence-electron chi connectivity index (χ4n) is 2.87. The summed E-state index contributed by atoms with van der Waals surface area (Å²) in [7, 11) is 0. The fourth-order valence-corrected chi connectivity index (χ4v) is 2.87. The molecule has 1 N–H and O–H groups in total.